The van der Waals surface area contributed by atoms with Crippen molar-refractivity contribution in [3.05, 3.63) is 93.1 Å². The lowest BCUT2D eigenvalue weighted by Crippen LogP contribution is -2.08. The highest BCUT2D eigenvalue weighted by Crippen LogP contribution is 2.23. The molecule has 0 atom stereocenters. The van der Waals surface area contributed by atoms with Crippen LogP contribution in [0.15, 0.2) is 30.3 Å². The Labute approximate surface area is 263 Å². The Hall–Kier alpha value is -5.54. The number of ether oxygens (including phenoxy) is 1. The molecule has 0 spiro atoms. The maximum atomic E-state index is 14.1. The second kappa shape index (κ2) is 18.3. The number of benzene rings is 2. The maximum Gasteiger partial charge on any atom is 0.341 e. The molecule has 2 aromatic carbocycles. The van der Waals surface area contributed by atoms with Crippen molar-refractivity contribution in [2.75, 3.05) is 6.61 Å². The predicted octanol–water partition coefficient (Wildman–Crippen LogP) is 5.75. The molecule has 0 unspecified atom stereocenters. The lowest BCUT2D eigenvalue weighted by Gasteiger charge is -2.07. The van der Waals surface area contributed by atoms with Gasteiger partial charge in [0.25, 0.3) is 5.97 Å². The van der Waals surface area contributed by atoms with Crippen molar-refractivity contribution in [2.24, 2.45) is 0 Å². The van der Waals surface area contributed by atoms with Crippen LogP contribution >= 0.6 is 0 Å². The minimum absolute atomic E-state index is 0. The molecular weight excluding hydrogens is 612 g/mol. The minimum atomic E-state index is -0.857. The summed E-state index contributed by atoms with van der Waals surface area (Å²) in [4.78, 5) is 20.9. The fraction of sp³-hybridized carbons (Fsp3) is 0.290. The van der Waals surface area contributed by atoms with Gasteiger partial charge < -0.3 is 15.3 Å². The number of carbonyl (C=O) groups is 2. The van der Waals surface area contributed by atoms with E-state index in [1.165, 1.54) is 4.68 Å². The van der Waals surface area contributed by atoms with Gasteiger partial charge in [-0.05, 0) is 52.8 Å². The normalized spacial score (nSPS) is 9.43. The number of aliphatic carboxylic acids is 1. The summed E-state index contributed by atoms with van der Waals surface area (Å²) in [5.41, 5.74) is 1.43. The van der Waals surface area contributed by atoms with E-state index in [2.05, 4.69) is 10.2 Å². The van der Waals surface area contributed by atoms with Crippen LogP contribution in [0.4, 0.5) is 17.6 Å². The second-order valence-corrected chi connectivity index (χ2v) is 8.83. The smallest absolute Gasteiger partial charge is 0.341 e. The number of nitriles is 2. The van der Waals surface area contributed by atoms with E-state index in [0.717, 1.165) is 35.9 Å². The quantitative estimate of drug-likeness (QED) is 0.215. The lowest BCUT2D eigenvalue weighted by molar-refractivity contribution is -0.134. The molecule has 0 aliphatic rings. The van der Waals surface area contributed by atoms with Crippen molar-refractivity contribution in [1.82, 2.24) is 19.6 Å². The number of aromatic nitrogens is 4. The zero-order chi connectivity index (χ0) is 34.6. The summed E-state index contributed by atoms with van der Waals surface area (Å²) in [6.07, 6.45) is 0. The van der Waals surface area contributed by atoms with Gasteiger partial charge >= 0.3 is 5.97 Å². The van der Waals surface area contributed by atoms with E-state index in [1.54, 1.807) is 52.8 Å². The summed E-state index contributed by atoms with van der Waals surface area (Å²) in [5, 5.41) is 32.8. The van der Waals surface area contributed by atoms with Crippen LogP contribution in [0.5, 0.6) is 0 Å². The summed E-state index contributed by atoms with van der Waals surface area (Å²) in [6.45, 7) is 13.6. The molecule has 0 aliphatic carbocycles. The zero-order valence-electron chi connectivity index (χ0n) is 26.5. The highest BCUT2D eigenvalue weighted by Gasteiger charge is 2.23. The zero-order valence-corrected chi connectivity index (χ0v) is 26.5. The SMILES string of the molecule is CC.CC(=O)O.CCOC(=O)c1c(C)nn(-c2cc(F)c(C#N)cc2F)c1C.Cc1cc(C)n(-c2cc(F)c(C#N)cc2F)n1.O. The first kappa shape index (κ1) is 40.5. The van der Waals surface area contributed by atoms with Crippen molar-refractivity contribution in [3.8, 4) is 23.5 Å². The van der Waals surface area contributed by atoms with E-state index in [4.69, 9.17) is 25.2 Å². The number of hydrogen-bond acceptors (Lipinski definition) is 7. The molecule has 0 fully saturated rings. The molecule has 0 radical (unpaired) electrons. The van der Waals surface area contributed by atoms with Gasteiger partial charge in [-0.2, -0.15) is 20.7 Å². The van der Waals surface area contributed by atoms with Gasteiger partial charge in [0.15, 0.2) is 0 Å². The van der Waals surface area contributed by atoms with Gasteiger partial charge in [0, 0.05) is 24.8 Å². The molecule has 46 heavy (non-hydrogen) atoms. The van der Waals surface area contributed by atoms with Crippen LogP contribution in [0.3, 0.4) is 0 Å². The van der Waals surface area contributed by atoms with Crippen LogP contribution in [0.25, 0.3) is 11.4 Å². The maximum absolute atomic E-state index is 14.1. The summed E-state index contributed by atoms with van der Waals surface area (Å²) >= 11 is 0. The lowest BCUT2D eigenvalue weighted by atomic mass is 10.1. The number of halogens is 4. The number of aryl methyl sites for hydroxylation is 3. The summed E-state index contributed by atoms with van der Waals surface area (Å²) < 4.78 is 62.3. The molecule has 4 aromatic rings. The Morgan fingerprint density at radius 2 is 1.26 bits per heavy atom. The van der Waals surface area contributed by atoms with E-state index in [0.29, 0.717) is 22.8 Å². The predicted molar refractivity (Wildman–Crippen MR) is 160 cm³/mol. The molecule has 0 saturated heterocycles. The molecule has 0 saturated carbocycles. The van der Waals surface area contributed by atoms with Crippen molar-refractivity contribution < 1.29 is 42.5 Å². The first-order valence-electron chi connectivity index (χ1n) is 13.4. The van der Waals surface area contributed by atoms with E-state index >= 15 is 0 Å². The molecule has 246 valence electrons. The standard InChI is InChI=1S/C15H13F2N3O2.C12H9F2N3.C2H4O2.C2H6.H2O/c1-4-22-15(21)14-8(2)19-20(9(14)3)13-6-11(16)10(7-18)5-12(13)17;1-7-3-8(2)17(16-7)12-5-10(13)9(6-15)4-11(12)14;1-2(3)4;1-2;/h5-6H,4H2,1-3H3;3-5H,1-2H3;1H3,(H,3,4);1-2H3;1H2. The Morgan fingerprint density at radius 1 is 0.826 bits per heavy atom. The fourth-order valence-electron chi connectivity index (χ4n) is 3.82. The number of rotatable bonds is 4. The number of hydrogen-bond donors (Lipinski definition) is 1. The molecule has 0 amide bonds. The van der Waals surface area contributed by atoms with Crippen molar-refractivity contribution >= 4 is 11.9 Å². The van der Waals surface area contributed by atoms with Crippen LogP contribution in [-0.4, -0.2) is 48.7 Å². The Kier molecular flexibility index (Phi) is 16.1. The van der Waals surface area contributed by atoms with Crippen LogP contribution in [-0.2, 0) is 9.53 Å². The van der Waals surface area contributed by atoms with Gasteiger partial charge in [0.05, 0.1) is 34.8 Å². The minimum Gasteiger partial charge on any atom is -0.481 e. The molecule has 0 aliphatic heterocycles. The average molecular weight is 647 g/mol. The van der Waals surface area contributed by atoms with Crippen LogP contribution < -0.4 is 0 Å². The summed E-state index contributed by atoms with van der Waals surface area (Å²) in [7, 11) is 0. The van der Waals surface area contributed by atoms with Crippen LogP contribution in [0.2, 0.25) is 0 Å². The highest BCUT2D eigenvalue weighted by atomic mass is 19.1. The van der Waals surface area contributed by atoms with E-state index in [1.807, 2.05) is 13.8 Å². The van der Waals surface area contributed by atoms with Crippen molar-refractivity contribution in [1.29, 1.82) is 10.5 Å². The molecule has 15 heteroatoms. The van der Waals surface area contributed by atoms with E-state index in [-0.39, 0.29) is 34.6 Å². The van der Waals surface area contributed by atoms with Gasteiger partial charge in [0.2, 0.25) is 0 Å². The highest BCUT2D eigenvalue weighted by molar-refractivity contribution is 5.92. The Morgan fingerprint density at radius 3 is 1.63 bits per heavy atom. The third kappa shape index (κ3) is 10.0. The topological polar surface area (TPSA) is 178 Å². The van der Waals surface area contributed by atoms with E-state index < -0.39 is 40.8 Å². The van der Waals surface area contributed by atoms with Gasteiger partial charge in [-0.3, -0.25) is 4.79 Å². The second-order valence-electron chi connectivity index (χ2n) is 8.83. The fourth-order valence-corrected chi connectivity index (χ4v) is 3.82. The monoisotopic (exact) mass is 646 g/mol. The third-order valence-corrected chi connectivity index (χ3v) is 5.55. The van der Waals surface area contributed by atoms with Crippen LogP contribution in [0, 0.1) is 73.6 Å². The Balaban J connectivity index is 0.000000753. The van der Waals surface area contributed by atoms with Gasteiger partial charge in [-0.1, -0.05) is 13.8 Å². The number of esters is 1. The first-order chi connectivity index (χ1) is 21.2. The average Bonchev–Trinajstić information content (AvgIpc) is 3.47. The first-order valence-corrected chi connectivity index (χ1v) is 13.4. The number of carboxylic acids is 1. The number of carbonyl (C=O) groups excluding carboxylic acids is 1. The molecule has 11 nitrogen and oxygen atoms in total. The van der Waals surface area contributed by atoms with Crippen LogP contribution in [0.1, 0.15) is 72.0 Å². The summed E-state index contributed by atoms with van der Waals surface area (Å²) in [5.74, 6) is -4.49. The van der Waals surface area contributed by atoms with Gasteiger partial charge in [0.1, 0.15) is 52.3 Å². The third-order valence-electron chi connectivity index (χ3n) is 5.55. The largest absolute Gasteiger partial charge is 0.481 e. The van der Waals surface area contributed by atoms with Crippen molar-refractivity contribution in [3.63, 3.8) is 0 Å². The molecular formula is C31H34F4N6O5. The van der Waals surface area contributed by atoms with Gasteiger partial charge in [-0.15, -0.1) is 0 Å². The van der Waals surface area contributed by atoms with Crippen molar-refractivity contribution in [2.45, 2.75) is 55.4 Å². The number of nitrogens with zero attached hydrogens (tertiary/aromatic N) is 6. The summed E-state index contributed by atoms with van der Waals surface area (Å²) in [6, 6.07) is 8.44. The van der Waals surface area contributed by atoms with E-state index in [9.17, 15) is 22.4 Å². The molecule has 2 aromatic heterocycles. The molecule has 4 rings (SSSR count). The molecule has 0 bridgehead atoms. The Bertz CT molecular complexity index is 1770. The molecule has 3 N–H and O–H groups in total. The molecule has 2 heterocycles. The number of carboxylic acid groups (broad SMARTS) is 1. The van der Waals surface area contributed by atoms with Gasteiger partial charge in [-0.25, -0.2) is 31.7 Å².